The van der Waals surface area contributed by atoms with Gasteiger partial charge in [0, 0.05) is 73.1 Å². The van der Waals surface area contributed by atoms with Crippen LogP contribution in [0, 0.1) is 4.51 Å². The highest BCUT2D eigenvalue weighted by molar-refractivity contribution is 9.52. The molecular weight excluding hydrogens is 494 g/mol. The molecule has 0 radical (unpaired) electrons. The van der Waals surface area contributed by atoms with Crippen LogP contribution < -0.4 is 15.2 Å². The van der Waals surface area contributed by atoms with Crippen molar-refractivity contribution in [1.82, 2.24) is 9.80 Å². The Kier molecular flexibility index (Phi) is 6.36. The lowest BCUT2D eigenvalue weighted by molar-refractivity contribution is 0.313. The summed E-state index contributed by atoms with van der Waals surface area (Å²) in [5.74, 6) is 0. The smallest absolute Gasteiger partial charge is 0.0815 e. The fourth-order valence-electron chi connectivity index (χ4n) is 4.90. The summed E-state index contributed by atoms with van der Waals surface area (Å²) in [4.78, 5) is 16.5. The largest absolute Gasteiger partial charge is 0.369 e. The van der Waals surface area contributed by atoms with Crippen molar-refractivity contribution >= 4 is 40.8 Å². The summed E-state index contributed by atoms with van der Waals surface area (Å²) in [5.41, 5.74) is 5.21. The zero-order valence-corrected chi connectivity index (χ0v) is 23.0. The number of hydrogen-bond donors (Lipinski definition) is 0. The van der Waals surface area contributed by atoms with Gasteiger partial charge >= 0.3 is 0 Å². The molecule has 3 heterocycles. The first-order valence-corrected chi connectivity index (χ1v) is 15.1. The summed E-state index contributed by atoms with van der Waals surface area (Å²) in [5, 5.41) is 1.11. The molecule has 0 spiro atoms. The number of anilines is 2. The molecule has 0 N–H and O–H groups in total. The number of rotatable bonds is 2. The van der Waals surface area contributed by atoms with Crippen LogP contribution >= 0.6 is 23.7 Å². The lowest BCUT2D eigenvalue weighted by Gasteiger charge is -2.36. The molecule has 3 aliphatic rings. The Morgan fingerprint density at radius 3 is 1.94 bits per heavy atom. The number of likely N-dealkylation sites (N-methyl/N-ethyl adjacent to an activating group) is 2. The predicted octanol–water partition coefficient (Wildman–Crippen LogP) is 4.64. The highest BCUT2D eigenvalue weighted by atomic mass is 79.9. The van der Waals surface area contributed by atoms with Crippen LogP contribution in [0.1, 0.15) is 26.3 Å². The predicted molar refractivity (Wildman–Crippen MR) is 145 cm³/mol. The summed E-state index contributed by atoms with van der Waals surface area (Å²) in [6.45, 7) is 15.7. The SMILES string of the molecule is CN1CCN(c2cc3c(c(C(C)(C)C)c2)N=c2ccc(N4CCN(C)CC4)cc2=S3Br)CC1. The number of piperazine rings is 2. The van der Waals surface area contributed by atoms with Crippen molar-refractivity contribution in [3.8, 4) is 0 Å². The van der Waals surface area contributed by atoms with E-state index in [0.29, 0.717) is 0 Å². The Morgan fingerprint density at radius 2 is 1.36 bits per heavy atom. The second kappa shape index (κ2) is 8.99. The lowest BCUT2D eigenvalue weighted by atomic mass is 9.85. The molecule has 2 aromatic rings. The van der Waals surface area contributed by atoms with E-state index in [9.17, 15) is 0 Å². The average Bonchev–Trinajstić information content (AvgIpc) is 2.79. The second-order valence-corrected chi connectivity index (χ2v) is 14.0. The number of halogens is 1. The average molecular weight is 531 g/mol. The molecule has 5 nitrogen and oxygen atoms in total. The van der Waals surface area contributed by atoms with E-state index in [4.69, 9.17) is 4.99 Å². The van der Waals surface area contributed by atoms with E-state index in [-0.39, 0.29) is 14.3 Å². The quantitative estimate of drug-likeness (QED) is 0.529. The van der Waals surface area contributed by atoms with Crippen LogP contribution in [0.25, 0.3) is 0 Å². The van der Waals surface area contributed by atoms with Crippen molar-refractivity contribution in [2.75, 3.05) is 76.3 Å². The molecule has 0 saturated carbocycles. The molecule has 0 bridgehead atoms. The van der Waals surface area contributed by atoms with Crippen molar-refractivity contribution in [3.63, 3.8) is 0 Å². The molecule has 7 heteroatoms. The molecule has 0 aliphatic carbocycles. The number of fused-ring (bicyclic) bond motifs is 2. The lowest BCUT2D eigenvalue weighted by Crippen LogP contribution is -2.44. The van der Waals surface area contributed by atoms with Crippen LogP contribution in [0.3, 0.4) is 0 Å². The minimum atomic E-state index is -0.184. The molecule has 33 heavy (non-hydrogen) atoms. The Hall–Kier alpha value is -1.41. The standard InChI is InChI=1S/C26H36BrN5S/c1-26(2,3)21-16-20(32-14-10-30(5)11-15-32)18-24-25(21)28-22-7-6-19(17-23(22)33(24)27)31-12-8-29(4)9-13-31/h6-7,16-18H,8-15H2,1-5H3. The third-order valence-electron chi connectivity index (χ3n) is 7.17. The highest BCUT2D eigenvalue weighted by Gasteiger charge is 2.26. The Labute approximate surface area is 208 Å². The highest BCUT2D eigenvalue weighted by Crippen LogP contribution is 2.50. The molecule has 2 aromatic carbocycles. The Bertz CT molecular complexity index is 1170. The monoisotopic (exact) mass is 529 g/mol. The summed E-state index contributed by atoms with van der Waals surface area (Å²) in [7, 11) is 4.24. The van der Waals surface area contributed by atoms with E-state index in [0.717, 1.165) is 57.7 Å². The fourth-order valence-corrected chi connectivity index (χ4v) is 7.73. The third kappa shape index (κ3) is 4.62. The van der Waals surface area contributed by atoms with Gasteiger partial charge in [-0.3, -0.25) is 0 Å². The van der Waals surface area contributed by atoms with Gasteiger partial charge in [0.1, 0.15) is 0 Å². The van der Waals surface area contributed by atoms with Crippen LogP contribution in [0.4, 0.5) is 17.1 Å². The van der Waals surface area contributed by atoms with Gasteiger partial charge in [-0.15, -0.1) is 0 Å². The van der Waals surface area contributed by atoms with Crippen LogP contribution in [0.15, 0.2) is 40.2 Å². The van der Waals surface area contributed by atoms with E-state index in [1.807, 2.05) is 0 Å². The van der Waals surface area contributed by atoms with Gasteiger partial charge in [0.15, 0.2) is 0 Å². The Morgan fingerprint density at radius 1 is 0.788 bits per heavy atom. The maximum Gasteiger partial charge on any atom is 0.0815 e. The van der Waals surface area contributed by atoms with Gasteiger partial charge in [0.05, 0.1) is 11.0 Å². The first-order valence-electron chi connectivity index (χ1n) is 12.0. The fraction of sp³-hybridized carbons (Fsp3) is 0.538. The number of benzene rings is 2. The topological polar surface area (TPSA) is 25.3 Å². The molecule has 178 valence electrons. The van der Waals surface area contributed by atoms with Gasteiger partial charge < -0.3 is 19.6 Å². The van der Waals surface area contributed by atoms with Crippen molar-refractivity contribution in [2.45, 2.75) is 31.1 Å². The zero-order chi connectivity index (χ0) is 23.3. The van der Waals surface area contributed by atoms with Gasteiger partial charge in [-0.25, -0.2) is 4.99 Å². The summed E-state index contributed by atoms with van der Waals surface area (Å²) in [6, 6.07) is 11.7. The second-order valence-electron chi connectivity index (χ2n) is 10.7. The first kappa shape index (κ1) is 23.3. The first-order chi connectivity index (χ1) is 15.7. The van der Waals surface area contributed by atoms with Gasteiger partial charge in [-0.05, 0) is 70.2 Å². The molecule has 0 amide bonds. The maximum absolute atomic E-state index is 5.25. The van der Waals surface area contributed by atoms with Crippen molar-refractivity contribution < 1.29 is 0 Å². The number of hydrogen-bond acceptors (Lipinski definition) is 5. The van der Waals surface area contributed by atoms with Crippen molar-refractivity contribution in [2.24, 2.45) is 4.99 Å². The van der Waals surface area contributed by atoms with E-state index in [1.54, 1.807) is 0 Å². The van der Waals surface area contributed by atoms with E-state index in [2.05, 4.69) is 99.6 Å². The van der Waals surface area contributed by atoms with E-state index in [1.165, 1.54) is 32.0 Å². The van der Waals surface area contributed by atoms with Crippen molar-refractivity contribution in [3.05, 3.63) is 45.8 Å². The minimum Gasteiger partial charge on any atom is -0.369 e. The van der Waals surface area contributed by atoms with E-state index >= 15 is 0 Å². The number of nitrogens with zero attached hydrogens (tertiary/aromatic N) is 5. The minimum absolute atomic E-state index is 0.0324. The van der Waals surface area contributed by atoms with Crippen LogP contribution in [-0.4, -0.2) is 76.3 Å². The summed E-state index contributed by atoms with van der Waals surface area (Å²) < 4.78 is 1.31. The van der Waals surface area contributed by atoms with Gasteiger partial charge in [0.2, 0.25) is 0 Å². The molecule has 3 aliphatic heterocycles. The van der Waals surface area contributed by atoms with Crippen LogP contribution in [-0.2, 0) is 5.41 Å². The molecule has 2 fully saturated rings. The van der Waals surface area contributed by atoms with E-state index < -0.39 is 0 Å². The van der Waals surface area contributed by atoms with Gasteiger partial charge in [-0.2, -0.15) is 0 Å². The molecular formula is C26H36BrN5S. The molecule has 1 unspecified atom stereocenters. The Balaban J connectivity index is 1.61. The molecule has 2 saturated heterocycles. The summed E-state index contributed by atoms with van der Waals surface area (Å²) >= 11 is 4.14. The molecule has 0 aromatic heterocycles. The van der Waals surface area contributed by atoms with Crippen LogP contribution in [0.2, 0.25) is 0 Å². The van der Waals surface area contributed by atoms with Gasteiger partial charge in [0.25, 0.3) is 0 Å². The maximum atomic E-state index is 5.25. The van der Waals surface area contributed by atoms with Crippen LogP contribution in [0.5, 0.6) is 0 Å². The molecule has 5 rings (SSSR count). The summed E-state index contributed by atoms with van der Waals surface area (Å²) in [6.07, 6.45) is 0. The van der Waals surface area contributed by atoms with Crippen molar-refractivity contribution in [1.29, 1.82) is 0 Å². The van der Waals surface area contributed by atoms with Gasteiger partial charge in [-0.1, -0.05) is 29.7 Å². The normalized spacial score (nSPS) is 22.1. The molecule has 1 atom stereocenters. The zero-order valence-electron chi connectivity index (χ0n) is 20.6. The third-order valence-corrected chi connectivity index (χ3v) is 10.7.